The molecule has 0 radical (unpaired) electrons. The molecule has 8 heteroatoms. The van der Waals surface area contributed by atoms with Crippen molar-refractivity contribution in [3.05, 3.63) is 90.0 Å². The average Bonchev–Trinajstić information content (AvgIpc) is 3.27. The van der Waals surface area contributed by atoms with Gasteiger partial charge in [0.2, 0.25) is 0 Å². The second kappa shape index (κ2) is 9.13. The van der Waals surface area contributed by atoms with Crippen LogP contribution in [0.15, 0.2) is 88.2 Å². The summed E-state index contributed by atoms with van der Waals surface area (Å²) in [6, 6.07) is 18.1. The van der Waals surface area contributed by atoms with E-state index in [0.29, 0.717) is 23.4 Å². The standard InChI is InChI=1S/C22H17F3N4S/c23-19-11-15(20-12-21(22(24)25)28-27-20)8-9-16(19)14-29(17-5-2-1-3-6-17)30-18-7-4-10-26-13-18/h1-11,13,22H,12,14H2. The number of hydrogen-bond donors (Lipinski definition) is 0. The molecular formula is C22H17F3N4S. The van der Waals surface area contributed by atoms with Gasteiger partial charge in [0.25, 0.3) is 6.43 Å². The largest absolute Gasteiger partial charge is 0.308 e. The van der Waals surface area contributed by atoms with Gasteiger partial charge in [-0.15, -0.1) is 0 Å². The predicted molar refractivity (Wildman–Crippen MR) is 114 cm³/mol. The Morgan fingerprint density at radius 1 is 1.00 bits per heavy atom. The molecule has 4 nitrogen and oxygen atoms in total. The first-order valence-corrected chi connectivity index (χ1v) is 9.98. The third-order valence-electron chi connectivity index (χ3n) is 4.49. The van der Waals surface area contributed by atoms with Crippen LogP contribution in [0.25, 0.3) is 0 Å². The molecule has 1 aliphatic heterocycles. The normalized spacial score (nSPS) is 13.3. The molecule has 30 heavy (non-hydrogen) atoms. The van der Waals surface area contributed by atoms with Crippen molar-refractivity contribution in [2.24, 2.45) is 10.2 Å². The number of anilines is 1. The first kappa shape index (κ1) is 20.2. The average molecular weight is 426 g/mol. The summed E-state index contributed by atoms with van der Waals surface area (Å²) in [5, 5.41) is 7.27. The summed E-state index contributed by atoms with van der Waals surface area (Å²) < 4.78 is 42.4. The van der Waals surface area contributed by atoms with E-state index in [1.54, 1.807) is 24.5 Å². The van der Waals surface area contributed by atoms with Crippen LogP contribution < -0.4 is 4.31 Å². The highest BCUT2D eigenvalue weighted by Crippen LogP contribution is 2.31. The van der Waals surface area contributed by atoms with Crippen molar-refractivity contribution >= 4 is 29.1 Å². The molecule has 4 rings (SSSR count). The minimum atomic E-state index is -2.65. The number of benzene rings is 2. The van der Waals surface area contributed by atoms with Crippen LogP contribution in [0.5, 0.6) is 0 Å². The lowest BCUT2D eigenvalue weighted by Gasteiger charge is -2.23. The topological polar surface area (TPSA) is 40.9 Å². The maximum absolute atomic E-state index is 14.9. The van der Waals surface area contributed by atoms with E-state index in [4.69, 9.17) is 0 Å². The Hall–Kier alpha value is -3.13. The quantitative estimate of drug-likeness (QED) is 0.452. The second-order valence-corrected chi connectivity index (χ2v) is 7.67. The van der Waals surface area contributed by atoms with E-state index < -0.39 is 12.2 Å². The molecule has 0 fully saturated rings. The summed E-state index contributed by atoms with van der Waals surface area (Å²) in [4.78, 5) is 5.06. The molecule has 1 aliphatic rings. The van der Waals surface area contributed by atoms with Gasteiger partial charge in [-0.25, -0.2) is 13.2 Å². The van der Waals surface area contributed by atoms with E-state index in [0.717, 1.165) is 10.6 Å². The van der Waals surface area contributed by atoms with Crippen molar-refractivity contribution in [2.45, 2.75) is 24.3 Å². The number of nitrogens with zero attached hydrogens (tertiary/aromatic N) is 4. The maximum atomic E-state index is 14.9. The SMILES string of the molecule is Fc1cc(C2=NN=C(C(F)F)C2)ccc1CN(Sc1cccnc1)c1ccccc1. The number of alkyl halides is 2. The minimum Gasteiger partial charge on any atom is -0.308 e. The lowest BCUT2D eigenvalue weighted by atomic mass is 10.0. The summed E-state index contributed by atoms with van der Waals surface area (Å²) in [5.41, 5.74) is 1.91. The Morgan fingerprint density at radius 2 is 1.83 bits per heavy atom. The van der Waals surface area contributed by atoms with Gasteiger partial charge in [0.1, 0.15) is 11.5 Å². The Kier molecular flexibility index (Phi) is 6.13. The van der Waals surface area contributed by atoms with Gasteiger partial charge in [-0.05, 0) is 42.3 Å². The fourth-order valence-corrected chi connectivity index (χ4v) is 3.89. The molecule has 0 saturated carbocycles. The minimum absolute atomic E-state index is 0.0660. The predicted octanol–water partition coefficient (Wildman–Crippen LogP) is 5.75. The van der Waals surface area contributed by atoms with Gasteiger partial charge in [-0.1, -0.05) is 30.3 Å². The lowest BCUT2D eigenvalue weighted by molar-refractivity contribution is 0.224. The molecule has 2 heterocycles. The zero-order valence-corrected chi connectivity index (χ0v) is 16.6. The van der Waals surface area contributed by atoms with Gasteiger partial charge >= 0.3 is 0 Å². The van der Waals surface area contributed by atoms with E-state index >= 15 is 0 Å². The second-order valence-electron chi connectivity index (χ2n) is 6.57. The Morgan fingerprint density at radius 3 is 2.50 bits per heavy atom. The van der Waals surface area contributed by atoms with Crippen LogP contribution in [-0.2, 0) is 6.54 Å². The number of hydrogen-bond acceptors (Lipinski definition) is 5. The Labute approximate surface area is 176 Å². The van der Waals surface area contributed by atoms with Crippen LogP contribution >= 0.6 is 11.9 Å². The van der Waals surface area contributed by atoms with E-state index in [9.17, 15) is 13.2 Å². The van der Waals surface area contributed by atoms with E-state index in [1.165, 1.54) is 18.0 Å². The lowest BCUT2D eigenvalue weighted by Crippen LogP contribution is -2.15. The molecule has 0 unspecified atom stereocenters. The van der Waals surface area contributed by atoms with Gasteiger partial charge in [-0.2, -0.15) is 10.2 Å². The van der Waals surface area contributed by atoms with Crippen molar-refractivity contribution in [1.29, 1.82) is 0 Å². The molecule has 0 N–H and O–H groups in total. The number of rotatable bonds is 7. The first-order chi connectivity index (χ1) is 14.6. The van der Waals surface area contributed by atoms with Crippen molar-refractivity contribution in [2.75, 3.05) is 4.31 Å². The Balaban J connectivity index is 1.55. The molecule has 0 aliphatic carbocycles. The maximum Gasteiger partial charge on any atom is 0.278 e. The van der Waals surface area contributed by atoms with E-state index in [1.807, 2.05) is 46.8 Å². The zero-order chi connectivity index (χ0) is 20.9. The monoisotopic (exact) mass is 426 g/mol. The van der Waals surface area contributed by atoms with Gasteiger partial charge < -0.3 is 4.31 Å². The molecule has 0 bridgehead atoms. The molecule has 2 aromatic carbocycles. The molecule has 152 valence electrons. The highest BCUT2D eigenvalue weighted by Gasteiger charge is 2.22. The van der Waals surface area contributed by atoms with Crippen molar-refractivity contribution < 1.29 is 13.2 Å². The van der Waals surface area contributed by atoms with Crippen LogP contribution in [0.3, 0.4) is 0 Å². The van der Waals surface area contributed by atoms with Crippen LogP contribution in [0.1, 0.15) is 17.5 Å². The van der Waals surface area contributed by atoms with Gasteiger partial charge in [-0.3, -0.25) is 4.98 Å². The number of para-hydroxylation sites is 1. The van der Waals surface area contributed by atoms with Crippen LogP contribution in [0.2, 0.25) is 0 Å². The number of pyridine rings is 1. The van der Waals surface area contributed by atoms with Crippen LogP contribution in [-0.4, -0.2) is 22.8 Å². The summed E-state index contributed by atoms with van der Waals surface area (Å²) in [6.07, 6.45) is 0.728. The number of halogens is 3. The molecule has 0 saturated heterocycles. The zero-order valence-electron chi connectivity index (χ0n) is 15.8. The third kappa shape index (κ3) is 4.71. The summed E-state index contributed by atoms with van der Waals surface area (Å²) >= 11 is 1.46. The van der Waals surface area contributed by atoms with Gasteiger partial charge in [0.15, 0.2) is 0 Å². The van der Waals surface area contributed by atoms with Gasteiger partial charge in [0.05, 0.1) is 12.3 Å². The fraction of sp³-hybridized carbons (Fsp3) is 0.136. The molecule has 1 aromatic heterocycles. The Bertz CT molecular complexity index is 1070. The van der Waals surface area contributed by atoms with Gasteiger partial charge in [0, 0.05) is 40.5 Å². The van der Waals surface area contributed by atoms with Crippen molar-refractivity contribution in [3.63, 3.8) is 0 Å². The summed E-state index contributed by atoms with van der Waals surface area (Å²) in [7, 11) is 0. The number of aromatic nitrogens is 1. The van der Waals surface area contributed by atoms with Crippen LogP contribution in [0, 0.1) is 5.82 Å². The smallest absolute Gasteiger partial charge is 0.278 e. The highest BCUT2D eigenvalue weighted by molar-refractivity contribution is 8.00. The molecule has 0 spiro atoms. The van der Waals surface area contributed by atoms with E-state index in [-0.39, 0.29) is 12.1 Å². The summed E-state index contributed by atoms with van der Waals surface area (Å²) in [6.45, 7) is 0.306. The van der Waals surface area contributed by atoms with Crippen molar-refractivity contribution in [3.8, 4) is 0 Å². The molecule has 0 atom stereocenters. The fourth-order valence-electron chi connectivity index (χ4n) is 2.96. The molecular weight excluding hydrogens is 409 g/mol. The van der Waals surface area contributed by atoms with E-state index in [2.05, 4.69) is 15.2 Å². The van der Waals surface area contributed by atoms with Crippen LogP contribution in [0.4, 0.5) is 18.9 Å². The third-order valence-corrected chi connectivity index (χ3v) is 5.51. The highest BCUT2D eigenvalue weighted by atomic mass is 32.2. The van der Waals surface area contributed by atoms with Crippen molar-refractivity contribution in [1.82, 2.24) is 4.98 Å². The first-order valence-electron chi connectivity index (χ1n) is 9.21. The molecule has 3 aromatic rings. The molecule has 0 amide bonds. The summed E-state index contributed by atoms with van der Waals surface area (Å²) in [5.74, 6) is -0.423.